The van der Waals surface area contributed by atoms with Crippen LogP contribution in [0.2, 0.25) is 0 Å². The van der Waals surface area contributed by atoms with E-state index in [0.717, 1.165) is 37.4 Å². The lowest BCUT2D eigenvalue weighted by atomic mass is 10.0. The summed E-state index contributed by atoms with van der Waals surface area (Å²) in [6.45, 7) is 2.14. The zero-order valence-corrected chi connectivity index (χ0v) is 14.0. The zero-order chi connectivity index (χ0) is 17.2. The summed E-state index contributed by atoms with van der Waals surface area (Å²) in [7, 11) is 1.82. The molecule has 3 aromatic heterocycles. The molecule has 1 fully saturated rings. The Bertz CT molecular complexity index is 924. The van der Waals surface area contributed by atoms with Crippen molar-refractivity contribution in [1.82, 2.24) is 24.5 Å². The lowest BCUT2D eigenvalue weighted by Gasteiger charge is -2.21. The van der Waals surface area contributed by atoms with E-state index < -0.39 is 0 Å². The molecule has 2 N–H and O–H groups in total. The van der Waals surface area contributed by atoms with Crippen LogP contribution in [-0.2, 0) is 11.3 Å². The molecule has 0 spiro atoms. The number of aromatic nitrogens is 5. The first-order valence-electron chi connectivity index (χ1n) is 8.42. The summed E-state index contributed by atoms with van der Waals surface area (Å²) >= 11 is 0. The van der Waals surface area contributed by atoms with Gasteiger partial charge < -0.3 is 10.1 Å². The first-order chi connectivity index (χ1) is 12.2. The Kier molecular flexibility index (Phi) is 4.19. The van der Waals surface area contributed by atoms with Crippen molar-refractivity contribution in [2.24, 2.45) is 5.92 Å². The molecule has 0 radical (unpaired) electrons. The number of ether oxygens (including phenoxy) is 1. The molecule has 8 heteroatoms. The number of nitrogens with one attached hydrogen (secondary N) is 2. The van der Waals surface area contributed by atoms with Crippen molar-refractivity contribution in [1.29, 1.82) is 0 Å². The van der Waals surface area contributed by atoms with Crippen LogP contribution in [0.3, 0.4) is 0 Å². The number of pyridine rings is 1. The molecule has 0 aromatic carbocycles. The van der Waals surface area contributed by atoms with Gasteiger partial charge >= 0.3 is 5.69 Å². The van der Waals surface area contributed by atoms with Crippen LogP contribution in [0.15, 0.2) is 29.3 Å². The average Bonchev–Trinajstić information content (AvgIpc) is 2.97. The van der Waals surface area contributed by atoms with Crippen LogP contribution in [0.25, 0.3) is 22.6 Å². The smallest absolute Gasteiger partial charge is 0.328 e. The summed E-state index contributed by atoms with van der Waals surface area (Å²) in [6, 6.07) is 3.82. The number of hydrogen-bond donors (Lipinski definition) is 2. The average molecular weight is 340 g/mol. The second-order valence-electron chi connectivity index (χ2n) is 6.21. The molecule has 130 valence electrons. The van der Waals surface area contributed by atoms with Gasteiger partial charge in [0, 0.05) is 38.6 Å². The molecule has 0 amide bonds. The zero-order valence-electron chi connectivity index (χ0n) is 14.0. The molecule has 0 aliphatic carbocycles. The van der Waals surface area contributed by atoms with Gasteiger partial charge in [-0.05, 0) is 30.9 Å². The molecule has 1 saturated heterocycles. The lowest BCUT2D eigenvalue weighted by molar-refractivity contribution is 0.0613. The third-order valence-corrected chi connectivity index (χ3v) is 4.58. The highest BCUT2D eigenvalue weighted by atomic mass is 16.5. The van der Waals surface area contributed by atoms with Gasteiger partial charge in [-0.2, -0.15) is 0 Å². The summed E-state index contributed by atoms with van der Waals surface area (Å²) in [5.41, 5.74) is 2.50. The number of H-pyrrole nitrogens is 1. The predicted molar refractivity (Wildman–Crippen MR) is 94.5 cm³/mol. The van der Waals surface area contributed by atoms with Gasteiger partial charge in [-0.25, -0.2) is 19.7 Å². The number of fused-ring (bicyclic) bond motifs is 1. The summed E-state index contributed by atoms with van der Waals surface area (Å²) in [4.78, 5) is 28.4. The maximum absolute atomic E-state index is 12.3. The number of anilines is 1. The molecule has 25 heavy (non-hydrogen) atoms. The third-order valence-electron chi connectivity index (χ3n) is 4.58. The number of imidazole rings is 1. The van der Waals surface area contributed by atoms with Gasteiger partial charge in [0.2, 0.25) is 0 Å². The molecule has 4 heterocycles. The minimum Gasteiger partial charge on any atom is -0.381 e. The molecular formula is C17H20N6O2. The van der Waals surface area contributed by atoms with Crippen molar-refractivity contribution in [3.63, 3.8) is 0 Å². The number of aromatic amines is 1. The minimum atomic E-state index is -0.165. The highest BCUT2D eigenvalue weighted by Crippen LogP contribution is 2.21. The monoisotopic (exact) mass is 340 g/mol. The summed E-state index contributed by atoms with van der Waals surface area (Å²) in [5, 5.41) is 2.99. The maximum atomic E-state index is 12.3. The second-order valence-corrected chi connectivity index (χ2v) is 6.21. The van der Waals surface area contributed by atoms with E-state index in [1.54, 1.807) is 17.0 Å². The van der Waals surface area contributed by atoms with Crippen LogP contribution < -0.4 is 11.0 Å². The SMILES string of the molecule is CNc1ccc(-c2cnc3[nH]c(=O)n(CC4CCOCC4)c3n2)cn1. The number of nitrogens with zero attached hydrogens (tertiary/aromatic N) is 4. The Morgan fingerprint density at radius 1 is 1.28 bits per heavy atom. The fourth-order valence-corrected chi connectivity index (χ4v) is 3.11. The van der Waals surface area contributed by atoms with Gasteiger partial charge in [-0.15, -0.1) is 0 Å². The van der Waals surface area contributed by atoms with E-state index in [4.69, 9.17) is 4.74 Å². The molecule has 8 nitrogen and oxygen atoms in total. The van der Waals surface area contributed by atoms with E-state index in [-0.39, 0.29) is 5.69 Å². The Balaban J connectivity index is 1.70. The summed E-state index contributed by atoms with van der Waals surface area (Å²) < 4.78 is 7.09. The molecular weight excluding hydrogens is 320 g/mol. The van der Waals surface area contributed by atoms with Gasteiger partial charge in [-0.1, -0.05) is 0 Å². The second kappa shape index (κ2) is 6.64. The van der Waals surface area contributed by atoms with Gasteiger partial charge in [0.1, 0.15) is 5.82 Å². The maximum Gasteiger partial charge on any atom is 0.328 e. The van der Waals surface area contributed by atoms with Crippen LogP contribution in [0.5, 0.6) is 0 Å². The Hall–Kier alpha value is -2.74. The number of hydrogen-bond acceptors (Lipinski definition) is 6. The topological polar surface area (TPSA) is 97.7 Å². The van der Waals surface area contributed by atoms with Crippen molar-refractivity contribution >= 4 is 17.1 Å². The molecule has 4 rings (SSSR count). The summed E-state index contributed by atoms with van der Waals surface area (Å²) in [6.07, 6.45) is 5.33. The van der Waals surface area contributed by atoms with Gasteiger partial charge in [0.05, 0.1) is 11.9 Å². The lowest BCUT2D eigenvalue weighted by Crippen LogP contribution is -2.26. The predicted octanol–water partition coefficient (Wildman–Crippen LogP) is 1.65. The Morgan fingerprint density at radius 2 is 2.12 bits per heavy atom. The number of rotatable bonds is 4. The fraction of sp³-hybridized carbons (Fsp3) is 0.412. The van der Waals surface area contributed by atoms with Crippen molar-refractivity contribution in [3.8, 4) is 11.3 Å². The third kappa shape index (κ3) is 3.12. The molecule has 1 aliphatic rings. The molecule has 0 unspecified atom stereocenters. The van der Waals surface area contributed by atoms with Gasteiger partial charge in [-0.3, -0.25) is 9.55 Å². The van der Waals surface area contributed by atoms with E-state index in [0.29, 0.717) is 29.5 Å². The van der Waals surface area contributed by atoms with Crippen molar-refractivity contribution in [2.45, 2.75) is 19.4 Å². The molecule has 0 atom stereocenters. The highest BCUT2D eigenvalue weighted by Gasteiger charge is 2.18. The highest BCUT2D eigenvalue weighted by molar-refractivity contribution is 5.70. The van der Waals surface area contributed by atoms with Crippen molar-refractivity contribution in [3.05, 3.63) is 35.0 Å². The Labute approximate surface area is 144 Å². The first-order valence-corrected chi connectivity index (χ1v) is 8.42. The van der Waals surface area contributed by atoms with E-state index in [1.807, 2.05) is 19.2 Å². The van der Waals surface area contributed by atoms with Crippen LogP contribution in [-0.4, -0.2) is 44.8 Å². The molecule has 0 bridgehead atoms. The van der Waals surface area contributed by atoms with Gasteiger partial charge in [0.15, 0.2) is 11.3 Å². The van der Waals surface area contributed by atoms with E-state index in [2.05, 4.69) is 25.3 Å². The molecule has 3 aromatic rings. The first kappa shape index (κ1) is 15.8. The van der Waals surface area contributed by atoms with E-state index in [1.165, 1.54) is 0 Å². The van der Waals surface area contributed by atoms with Crippen molar-refractivity contribution < 1.29 is 4.74 Å². The van der Waals surface area contributed by atoms with Gasteiger partial charge in [0.25, 0.3) is 0 Å². The molecule has 1 aliphatic heterocycles. The normalized spacial score (nSPS) is 15.6. The fourth-order valence-electron chi connectivity index (χ4n) is 3.11. The standard InChI is InChI=1S/C17H20N6O2/c1-18-14-3-2-12(8-19-14)13-9-20-15-16(21-13)23(17(24)22-15)10-11-4-6-25-7-5-11/h2-3,8-9,11H,4-7,10H2,1H3,(H,18,19)(H,20,22,24). The van der Waals surface area contributed by atoms with E-state index in [9.17, 15) is 4.79 Å². The quantitative estimate of drug-likeness (QED) is 0.749. The van der Waals surface area contributed by atoms with Crippen LogP contribution in [0.4, 0.5) is 5.82 Å². The Morgan fingerprint density at radius 3 is 2.84 bits per heavy atom. The summed E-state index contributed by atoms with van der Waals surface area (Å²) in [5.74, 6) is 1.21. The largest absolute Gasteiger partial charge is 0.381 e. The van der Waals surface area contributed by atoms with Crippen LogP contribution >= 0.6 is 0 Å². The minimum absolute atomic E-state index is 0.165. The molecule has 0 saturated carbocycles. The van der Waals surface area contributed by atoms with Crippen molar-refractivity contribution in [2.75, 3.05) is 25.6 Å². The van der Waals surface area contributed by atoms with Crippen LogP contribution in [0, 0.1) is 5.92 Å². The van der Waals surface area contributed by atoms with Crippen LogP contribution in [0.1, 0.15) is 12.8 Å². The van der Waals surface area contributed by atoms with E-state index >= 15 is 0 Å².